The van der Waals surface area contributed by atoms with E-state index < -0.39 is 0 Å². The Kier molecular flexibility index (Phi) is 9.24. The van der Waals surface area contributed by atoms with Crippen LogP contribution in [0.15, 0.2) is 28.7 Å². The number of urea groups is 1. The molecule has 1 fully saturated rings. The van der Waals surface area contributed by atoms with Crippen molar-refractivity contribution >= 4 is 46.0 Å². The smallest absolute Gasteiger partial charge is 0.319 e. The van der Waals surface area contributed by atoms with Crippen molar-refractivity contribution in [2.24, 2.45) is 11.7 Å². The molecule has 0 bridgehead atoms. The quantitative estimate of drug-likeness (QED) is 0.667. The topological polar surface area (TPSA) is 87.5 Å². The fourth-order valence-electron chi connectivity index (χ4n) is 2.82. The zero-order chi connectivity index (χ0) is 17.5. The highest BCUT2D eigenvalue weighted by Gasteiger charge is 2.25. The van der Waals surface area contributed by atoms with Crippen molar-refractivity contribution in [1.82, 2.24) is 10.2 Å². The van der Waals surface area contributed by atoms with Crippen LogP contribution in [0.25, 0.3) is 0 Å². The second-order valence-corrected chi connectivity index (χ2v) is 7.15. The van der Waals surface area contributed by atoms with Crippen molar-refractivity contribution in [2.45, 2.75) is 32.2 Å². The second kappa shape index (κ2) is 10.6. The molecule has 25 heavy (non-hydrogen) atoms. The fourth-order valence-corrected chi connectivity index (χ4v) is 3.08. The van der Waals surface area contributed by atoms with Crippen molar-refractivity contribution in [3.63, 3.8) is 0 Å². The molecule has 0 saturated carbocycles. The molecule has 0 aliphatic carbocycles. The van der Waals surface area contributed by atoms with E-state index in [1.165, 1.54) is 0 Å². The van der Waals surface area contributed by atoms with E-state index in [2.05, 4.69) is 26.6 Å². The molecule has 140 valence electrons. The summed E-state index contributed by atoms with van der Waals surface area (Å²) in [5.74, 6) is 0.445. The molecule has 3 amide bonds. The Morgan fingerprint density at radius 1 is 1.36 bits per heavy atom. The number of nitrogens with two attached hydrogens (primary N) is 1. The van der Waals surface area contributed by atoms with Gasteiger partial charge in [0.05, 0.1) is 0 Å². The molecule has 8 heteroatoms. The molecule has 1 aliphatic heterocycles. The highest BCUT2D eigenvalue weighted by Crippen LogP contribution is 2.19. The van der Waals surface area contributed by atoms with E-state index in [-0.39, 0.29) is 30.4 Å². The number of halogens is 2. The van der Waals surface area contributed by atoms with Gasteiger partial charge in [-0.05, 0) is 49.9 Å². The lowest BCUT2D eigenvalue weighted by atomic mass is 9.92. The van der Waals surface area contributed by atoms with Crippen LogP contribution in [0.4, 0.5) is 10.5 Å². The SMILES string of the molecule is CC(N)C1CCCN(C(=O)CCNC(=O)Nc2ccc(Br)cc2)C1.Cl. The lowest BCUT2D eigenvalue weighted by molar-refractivity contribution is -0.132. The number of rotatable bonds is 5. The van der Waals surface area contributed by atoms with Gasteiger partial charge in [-0.15, -0.1) is 12.4 Å². The van der Waals surface area contributed by atoms with Gasteiger partial charge in [-0.25, -0.2) is 4.79 Å². The number of benzene rings is 1. The highest BCUT2D eigenvalue weighted by molar-refractivity contribution is 9.10. The largest absolute Gasteiger partial charge is 0.342 e. The molecule has 0 spiro atoms. The van der Waals surface area contributed by atoms with E-state index in [4.69, 9.17) is 5.73 Å². The molecule has 2 unspecified atom stereocenters. The number of hydrogen-bond donors (Lipinski definition) is 3. The number of carbonyl (C=O) groups excluding carboxylic acids is 2. The monoisotopic (exact) mass is 432 g/mol. The molecular formula is C17H26BrClN4O2. The summed E-state index contributed by atoms with van der Waals surface area (Å²) >= 11 is 3.34. The van der Waals surface area contributed by atoms with Gasteiger partial charge in [0.1, 0.15) is 0 Å². The van der Waals surface area contributed by atoms with Gasteiger partial charge in [-0.3, -0.25) is 4.79 Å². The third-order valence-electron chi connectivity index (χ3n) is 4.28. The molecule has 2 atom stereocenters. The maximum Gasteiger partial charge on any atom is 0.319 e. The predicted octanol–water partition coefficient (Wildman–Crippen LogP) is 2.97. The Bertz CT molecular complexity index is 568. The molecule has 1 aliphatic rings. The van der Waals surface area contributed by atoms with Gasteiger partial charge in [0.2, 0.25) is 5.91 Å². The zero-order valence-electron chi connectivity index (χ0n) is 14.3. The van der Waals surface area contributed by atoms with Gasteiger partial charge in [-0.1, -0.05) is 15.9 Å². The van der Waals surface area contributed by atoms with E-state index in [9.17, 15) is 9.59 Å². The van der Waals surface area contributed by atoms with Crippen LogP contribution in [0.2, 0.25) is 0 Å². The zero-order valence-corrected chi connectivity index (χ0v) is 16.7. The summed E-state index contributed by atoms with van der Waals surface area (Å²) in [4.78, 5) is 25.9. The van der Waals surface area contributed by atoms with Crippen molar-refractivity contribution in [3.8, 4) is 0 Å². The number of likely N-dealkylation sites (tertiary alicyclic amines) is 1. The summed E-state index contributed by atoms with van der Waals surface area (Å²) in [5, 5.41) is 5.45. The Morgan fingerprint density at radius 3 is 2.68 bits per heavy atom. The van der Waals surface area contributed by atoms with Gasteiger partial charge in [-0.2, -0.15) is 0 Å². The number of piperidine rings is 1. The maximum absolute atomic E-state index is 12.3. The molecule has 1 aromatic carbocycles. The first-order valence-electron chi connectivity index (χ1n) is 8.29. The molecular weight excluding hydrogens is 408 g/mol. The Hall–Kier alpha value is -1.31. The van der Waals surface area contributed by atoms with Gasteiger partial charge < -0.3 is 21.3 Å². The van der Waals surface area contributed by atoms with Crippen LogP contribution in [0, 0.1) is 5.92 Å². The summed E-state index contributed by atoms with van der Waals surface area (Å²) in [6, 6.07) is 7.11. The van der Waals surface area contributed by atoms with Crippen LogP contribution in [0.3, 0.4) is 0 Å². The third-order valence-corrected chi connectivity index (χ3v) is 4.81. The first kappa shape index (κ1) is 21.7. The summed E-state index contributed by atoms with van der Waals surface area (Å²) in [7, 11) is 0. The molecule has 6 nitrogen and oxygen atoms in total. The van der Waals surface area contributed by atoms with Crippen LogP contribution in [-0.2, 0) is 4.79 Å². The Balaban J connectivity index is 0.00000312. The Morgan fingerprint density at radius 2 is 2.04 bits per heavy atom. The number of nitrogens with zero attached hydrogens (tertiary/aromatic N) is 1. The third kappa shape index (κ3) is 7.22. The maximum atomic E-state index is 12.3. The van der Waals surface area contributed by atoms with Crippen LogP contribution >= 0.6 is 28.3 Å². The van der Waals surface area contributed by atoms with Crippen LogP contribution in [-0.4, -0.2) is 42.5 Å². The van der Waals surface area contributed by atoms with Crippen LogP contribution in [0.1, 0.15) is 26.2 Å². The van der Waals surface area contributed by atoms with E-state index in [0.717, 1.165) is 30.4 Å². The van der Waals surface area contributed by atoms with Crippen molar-refractivity contribution in [2.75, 3.05) is 25.0 Å². The standard InChI is InChI=1S/C17H25BrN4O2.ClH/c1-12(19)13-3-2-10-22(11-13)16(23)8-9-20-17(24)21-15-6-4-14(18)5-7-15;/h4-7,12-13H,2-3,8-11,19H2,1H3,(H2,20,21,24);1H. The Labute approximate surface area is 163 Å². The van der Waals surface area contributed by atoms with E-state index in [1.807, 2.05) is 24.0 Å². The molecule has 1 saturated heterocycles. The van der Waals surface area contributed by atoms with Gasteiger partial charge in [0.15, 0.2) is 0 Å². The minimum absolute atomic E-state index is 0. The van der Waals surface area contributed by atoms with Gasteiger partial charge >= 0.3 is 6.03 Å². The predicted molar refractivity (Wildman–Crippen MR) is 106 cm³/mol. The molecule has 4 N–H and O–H groups in total. The minimum Gasteiger partial charge on any atom is -0.342 e. The molecule has 2 rings (SSSR count). The van der Waals surface area contributed by atoms with Crippen LogP contribution in [0.5, 0.6) is 0 Å². The highest BCUT2D eigenvalue weighted by atomic mass is 79.9. The lowest BCUT2D eigenvalue weighted by Gasteiger charge is -2.34. The number of nitrogens with one attached hydrogen (secondary N) is 2. The minimum atomic E-state index is -0.308. The summed E-state index contributed by atoms with van der Waals surface area (Å²) in [5.41, 5.74) is 6.65. The number of anilines is 1. The number of amides is 3. The molecule has 1 aromatic rings. The van der Waals surface area contributed by atoms with Crippen LogP contribution < -0.4 is 16.4 Å². The average molecular weight is 434 g/mol. The first-order valence-corrected chi connectivity index (χ1v) is 9.09. The summed E-state index contributed by atoms with van der Waals surface area (Å²) in [6.45, 7) is 3.82. The van der Waals surface area contributed by atoms with Crippen molar-refractivity contribution in [3.05, 3.63) is 28.7 Å². The normalized spacial score (nSPS) is 18.0. The van der Waals surface area contributed by atoms with E-state index in [0.29, 0.717) is 24.6 Å². The number of hydrogen-bond acceptors (Lipinski definition) is 3. The van der Waals surface area contributed by atoms with Crippen molar-refractivity contribution < 1.29 is 9.59 Å². The summed E-state index contributed by atoms with van der Waals surface area (Å²) in [6.07, 6.45) is 2.38. The summed E-state index contributed by atoms with van der Waals surface area (Å²) < 4.78 is 0.950. The van der Waals surface area contributed by atoms with Crippen molar-refractivity contribution in [1.29, 1.82) is 0 Å². The molecule has 0 radical (unpaired) electrons. The fraction of sp³-hybridized carbons (Fsp3) is 0.529. The first-order chi connectivity index (χ1) is 11.5. The molecule has 0 aromatic heterocycles. The number of carbonyl (C=O) groups is 2. The van der Waals surface area contributed by atoms with E-state index >= 15 is 0 Å². The average Bonchev–Trinajstić information content (AvgIpc) is 2.57. The van der Waals surface area contributed by atoms with Gasteiger partial charge in [0.25, 0.3) is 0 Å². The van der Waals surface area contributed by atoms with Gasteiger partial charge in [0, 0.05) is 42.3 Å². The second-order valence-electron chi connectivity index (χ2n) is 6.24. The molecule has 1 heterocycles. The van der Waals surface area contributed by atoms with E-state index in [1.54, 1.807) is 12.1 Å². The lowest BCUT2D eigenvalue weighted by Crippen LogP contribution is -2.45.